The molecule has 1 aromatic carbocycles. The van der Waals surface area contributed by atoms with Gasteiger partial charge >= 0.3 is 0 Å². The molecule has 1 unspecified atom stereocenters. The van der Waals surface area contributed by atoms with Crippen molar-refractivity contribution in [2.24, 2.45) is 5.92 Å². The van der Waals surface area contributed by atoms with Crippen molar-refractivity contribution in [2.45, 2.75) is 45.7 Å². The molecule has 0 spiro atoms. The first kappa shape index (κ1) is 16.5. The van der Waals surface area contributed by atoms with E-state index in [9.17, 15) is 9.59 Å². The number of carbonyl (C=O) groups excluding carboxylic acids is 2. The van der Waals surface area contributed by atoms with E-state index in [-0.39, 0.29) is 23.8 Å². The smallest absolute Gasteiger partial charge is 0.237 e. The van der Waals surface area contributed by atoms with Crippen LogP contribution in [0.3, 0.4) is 0 Å². The van der Waals surface area contributed by atoms with Crippen molar-refractivity contribution >= 4 is 17.5 Å². The van der Waals surface area contributed by atoms with E-state index in [1.54, 1.807) is 0 Å². The van der Waals surface area contributed by atoms with Crippen LogP contribution in [-0.4, -0.2) is 24.4 Å². The van der Waals surface area contributed by atoms with Gasteiger partial charge in [0.15, 0.2) is 0 Å². The van der Waals surface area contributed by atoms with E-state index >= 15 is 0 Å². The van der Waals surface area contributed by atoms with Gasteiger partial charge in [0.2, 0.25) is 11.8 Å². The molecule has 22 heavy (non-hydrogen) atoms. The van der Waals surface area contributed by atoms with Gasteiger partial charge in [-0.25, -0.2) is 0 Å². The standard InChI is InChI=1S/C17H25N3O2/c1-12(2)16(21)20-14-8-6-13(7-9-14)11-19-17(22)15-5-3-4-10-18-15/h6-9,12,15,18H,3-5,10-11H2,1-2H3,(H,19,22)(H,20,21). The van der Waals surface area contributed by atoms with Crippen LogP contribution in [0.15, 0.2) is 24.3 Å². The zero-order valence-corrected chi connectivity index (χ0v) is 13.3. The van der Waals surface area contributed by atoms with Crippen LogP contribution in [0.2, 0.25) is 0 Å². The number of hydrogen-bond acceptors (Lipinski definition) is 3. The van der Waals surface area contributed by atoms with E-state index in [0.29, 0.717) is 6.54 Å². The summed E-state index contributed by atoms with van der Waals surface area (Å²) in [5.74, 6) is 0.0308. The lowest BCUT2D eigenvalue weighted by Gasteiger charge is -2.22. The highest BCUT2D eigenvalue weighted by Crippen LogP contribution is 2.11. The molecule has 0 aromatic heterocycles. The lowest BCUT2D eigenvalue weighted by molar-refractivity contribution is -0.123. The summed E-state index contributed by atoms with van der Waals surface area (Å²) in [6.07, 6.45) is 3.16. The fourth-order valence-electron chi connectivity index (χ4n) is 2.38. The Hall–Kier alpha value is -1.88. The number of anilines is 1. The monoisotopic (exact) mass is 303 g/mol. The molecular formula is C17H25N3O2. The van der Waals surface area contributed by atoms with Gasteiger partial charge < -0.3 is 16.0 Å². The van der Waals surface area contributed by atoms with Gasteiger partial charge in [-0.2, -0.15) is 0 Å². The maximum absolute atomic E-state index is 12.0. The number of rotatable bonds is 5. The molecule has 1 fully saturated rings. The van der Waals surface area contributed by atoms with Gasteiger partial charge in [-0.05, 0) is 37.1 Å². The molecule has 2 rings (SSSR count). The van der Waals surface area contributed by atoms with Crippen LogP contribution in [0.25, 0.3) is 0 Å². The molecule has 5 heteroatoms. The summed E-state index contributed by atoms with van der Waals surface area (Å²) in [5, 5.41) is 9.04. The lowest BCUT2D eigenvalue weighted by atomic mass is 10.0. The Labute approximate surface area is 131 Å². The summed E-state index contributed by atoms with van der Waals surface area (Å²) in [6, 6.07) is 7.51. The van der Waals surface area contributed by atoms with E-state index in [2.05, 4.69) is 16.0 Å². The first-order valence-corrected chi connectivity index (χ1v) is 7.97. The topological polar surface area (TPSA) is 70.2 Å². The highest BCUT2D eigenvalue weighted by molar-refractivity contribution is 5.92. The van der Waals surface area contributed by atoms with E-state index in [1.807, 2.05) is 38.1 Å². The molecule has 1 heterocycles. The van der Waals surface area contributed by atoms with Crippen molar-refractivity contribution in [1.29, 1.82) is 0 Å². The van der Waals surface area contributed by atoms with E-state index in [4.69, 9.17) is 0 Å². The Kier molecular flexibility index (Phi) is 5.95. The van der Waals surface area contributed by atoms with Crippen LogP contribution in [0.5, 0.6) is 0 Å². The second-order valence-corrected chi connectivity index (χ2v) is 6.06. The fraction of sp³-hybridized carbons (Fsp3) is 0.529. The Morgan fingerprint density at radius 1 is 1.23 bits per heavy atom. The minimum Gasteiger partial charge on any atom is -0.351 e. The molecule has 5 nitrogen and oxygen atoms in total. The quantitative estimate of drug-likeness (QED) is 0.779. The van der Waals surface area contributed by atoms with Gasteiger partial charge in [-0.3, -0.25) is 9.59 Å². The number of benzene rings is 1. The van der Waals surface area contributed by atoms with Crippen LogP contribution < -0.4 is 16.0 Å². The molecule has 0 saturated carbocycles. The van der Waals surface area contributed by atoms with Crippen molar-refractivity contribution in [3.63, 3.8) is 0 Å². The molecule has 0 radical (unpaired) electrons. The van der Waals surface area contributed by atoms with Crippen molar-refractivity contribution in [3.8, 4) is 0 Å². The zero-order chi connectivity index (χ0) is 15.9. The zero-order valence-electron chi connectivity index (χ0n) is 13.3. The lowest BCUT2D eigenvalue weighted by Crippen LogP contribution is -2.46. The van der Waals surface area contributed by atoms with Gasteiger partial charge in [0.05, 0.1) is 6.04 Å². The van der Waals surface area contributed by atoms with Crippen molar-refractivity contribution < 1.29 is 9.59 Å². The minimum absolute atomic E-state index is 0.00410. The summed E-state index contributed by atoms with van der Waals surface area (Å²) in [7, 11) is 0. The van der Waals surface area contributed by atoms with E-state index in [1.165, 1.54) is 0 Å². The van der Waals surface area contributed by atoms with Crippen molar-refractivity contribution in [3.05, 3.63) is 29.8 Å². The molecular weight excluding hydrogens is 278 g/mol. The van der Waals surface area contributed by atoms with Gasteiger partial charge in [0.25, 0.3) is 0 Å². The van der Waals surface area contributed by atoms with Crippen LogP contribution in [0.4, 0.5) is 5.69 Å². The van der Waals surface area contributed by atoms with Gasteiger partial charge in [0, 0.05) is 18.2 Å². The Morgan fingerprint density at radius 3 is 2.55 bits per heavy atom. The van der Waals surface area contributed by atoms with Crippen LogP contribution >= 0.6 is 0 Å². The van der Waals surface area contributed by atoms with Crippen LogP contribution in [0, 0.1) is 5.92 Å². The highest BCUT2D eigenvalue weighted by atomic mass is 16.2. The Bertz CT molecular complexity index is 505. The molecule has 1 atom stereocenters. The summed E-state index contributed by atoms with van der Waals surface area (Å²) in [5.41, 5.74) is 1.80. The first-order chi connectivity index (χ1) is 10.6. The Morgan fingerprint density at radius 2 is 1.95 bits per heavy atom. The molecule has 1 saturated heterocycles. The number of nitrogens with one attached hydrogen (secondary N) is 3. The summed E-state index contributed by atoms with van der Waals surface area (Å²) >= 11 is 0. The number of carbonyl (C=O) groups is 2. The number of amides is 2. The SMILES string of the molecule is CC(C)C(=O)Nc1ccc(CNC(=O)C2CCCCN2)cc1. The molecule has 1 aromatic rings. The second kappa shape index (κ2) is 7.94. The first-order valence-electron chi connectivity index (χ1n) is 7.97. The fourth-order valence-corrected chi connectivity index (χ4v) is 2.38. The predicted molar refractivity (Wildman–Crippen MR) is 87.4 cm³/mol. The highest BCUT2D eigenvalue weighted by Gasteiger charge is 2.19. The van der Waals surface area contributed by atoms with Gasteiger partial charge in [-0.1, -0.05) is 32.4 Å². The summed E-state index contributed by atoms with van der Waals surface area (Å²) in [6.45, 7) is 5.15. The van der Waals surface area contributed by atoms with E-state index in [0.717, 1.165) is 37.1 Å². The van der Waals surface area contributed by atoms with Crippen LogP contribution in [0.1, 0.15) is 38.7 Å². The average Bonchev–Trinajstić information content (AvgIpc) is 2.54. The second-order valence-electron chi connectivity index (χ2n) is 6.06. The third-order valence-electron chi connectivity index (χ3n) is 3.84. The van der Waals surface area contributed by atoms with Crippen molar-refractivity contribution in [2.75, 3.05) is 11.9 Å². The molecule has 0 bridgehead atoms. The molecule has 2 amide bonds. The maximum Gasteiger partial charge on any atom is 0.237 e. The average molecular weight is 303 g/mol. The molecule has 1 aliphatic rings. The number of hydrogen-bond donors (Lipinski definition) is 3. The largest absolute Gasteiger partial charge is 0.351 e. The molecule has 0 aliphatic carbocycles. The molecule has 3 N–H and O–H groups in total. The van der Waals surface area contributed by atoms with Crippen molar-refractivity contribution in [1.82, 2.24) is 10.6 Å². The third kappa shape index (κ3) is 4.84. The summed E-state index contributed by atoms with van der Waals surface area (Å²) < 4.78 is 0. The molecule has 1 aliphatic heterocycles. The van der Waals surface area contributed by atoms with E-state index < -0.39 is 0 Å². The van der Waals surface area contributed by atoms with Crippen LogP contribution in [-0.2, 0) is 16.1 Å². The third-order valence-corrected chi connectivity index (χ3v) is 3.84. The number of piperidine rings is 1. The maximum atomic E-state index is 12.0. The normalized spacial score (nSPS) is 18.0. The Balaban J connectivity index is 1.81. The van der Waals surface area contributed by atoms with Gasteiger partial charge in [0.1, 0.15) is 0 Å². The summed E-state index contributed by atoms with van der Waals surface area (Å²) in [4.78, 5) is 23.6. The van der Waals surface area contributed by atoms with Gasteiger partial charge in [-0.15, -0.1) is 0 Å². The molecule has 120 valence electrons. The minimum atomic E-state index is -0.0571. The predicted octanol–water partition coefficient (Wildman–Crippen LogP) is 2.04.